The van der Waals surface area contributed by atoms with E-state index in [1.165, 1.54) is 213 Å². The van der Waals surface area contributed by atoms with Crippen molar-refractivity contribution in [1.82, 2.24) is 0 Å². The van der Waals surface area contributed by atoms with Crippen molar-refractivity contribution in [3.05, 3.63) is 431 Å². The summed E-state index contributed by atoms with van der Waals surface area (Å²) in [5.74, 6) is 3.44. The van der Waals surface area contributed by atoms with E-state index in [9.17, 15) is 0 Å². The molecule has 0 saturated heterocycles. The summed E-state index contributed by atoms with van der Waals surface area (Å²) in [5.41, 5.74) is 37.2. The molecule has 0 spiro atoms. The van der Waals surface area contributed by atoms with Crippen LogP contribution in [0.5, 0.6) is 0 Å². The molecule has 0 aliphatic heterocycles. The van der Waals surface area contributed by atoms with Gasteiger partial charge in [-0.05, 0) is 310 Å². The number of allylic oxidation sites excluding steroid dienone is 32. The third-order valence-corrected chi connectivity index (χ3v) is 25.6. The van der Waals surface area contributed by atoms with Crippen molar-refractivity contribution in [2.24, 2.45) is 23.7 Å². The van der Waals surface area contributed by atoms with Crippen LogP contribution in [0.25, 0.3) is 5.57 Å². The number of benzene rings is 7. The number of rotatable bonds is 22. The minimum atomic E-state index is 0.397. The van der Waals surface area contributed by atoms with Crippen molar-refractivity contribution in [2.75, 3.05) is 0 Å². The van der Waals surface area contributed by atoms with E-state index in [2.05, 4.69) is 318 Å². The molecule has 107 heavy (non-hydrogen) atoms. The Kier molecular flexibility index (Phi) is 22.5. The number of aryl methyl sites for hydroxylation is 6. The Balaban J connectivity index is 0.000000123. The third-order valence-electron chi connectivity index (χ3n) is 25.6. The summed E-state index contributed by atoms with van der Waals surface area (Å²) >= 11 is 0. The molecule has 0 heteroatoms. The van der Waals surface area contributed by atoms with Crippen LogP contribution < -0.4 is 0 Å². The van der Waals surface area contributed by atoms with E-state index in [1.807, 2.05) is 0 Å². The van der Waals surface area contributed by atoms with Gasteiger partial charge in [-0.1, -0.05) is 318 Å². The lowest BCUT2D eigenvalue weighted by Crippen LogP contribution is -2.16. The van der Waals surface area contributed by atoms with Gasteiger partial charge in [-0.3, -0.25) is 0 Å². The average molecular weight is 1400 g/mol. The quantitative estimate of drug-likeness (QED) is 0.0634. The molecule has 0 heterocycles. The van der Waals surface area contributed by atoms with Gasteiger partial charge in [0.1, 0.15) is 0 Å². The molecule has 3 atom stereocenters. The predicted octanol–water partition coefficient (Wildman–Crippen LogP) is 26.9. The number of hydrogen-bond donors (Lipinski definition) is 0. The van der Waals surface area contributed by atoms with Crippen LogP contribution in [0.2, 0.25) is 0 Å². The molecular formula is C107H110. The fourth-order valence-corrected chi connectivity index (χ4v) is 19.0. The summed E-state index contributed by atoms with van der Waals surface area (Å²) in [6.45, 7) is 6.80. The molecule has 2 fully saturated rings. The molecule has 7 aromatic carbocycles. The van der Waals surface area contributed by atoms with Crippen molar-refractivity contribution < 1.29 is 0 Å². The van der Waals surface area contributed by atoms with Crippen molar-refractivity contribution in [2.45, 2.75) is 186 Å². The Labute approximate surface area is 641 Å². The summed E-state index contributed by atoms with van der Waals surface area (Å²) in [7, 11) is 0. The van der Waals surface area contributed by atoms with Gasteiger partial charge in [-0.15, -0.1) is 0 Å². The van der Waals surface area contributed by atoms with Gasteiger partial charge in [0, 0.05) is 17.8 Å². The van der Waals surface area contributed by atoms with Crippen LogP contribution in [-0.4, -0.2) is 0 Å². The van der Waals surface area contributed by atoms with Crippen LogP contribution >= 0.6 is 0 Å². The van der Waals surface area contributed by atoms with Gasteiger partial charge in [0.2, 0.25) is 0 Å². The molecule has 7 aromatic rings. The maximum Gasteiger partial charge on any atom is 0.0281 e. The number of fused-ring (bicyclic) bond motifs is 4. The first-order chi connectivity index (χ1) is 52.7. The molecular weight excluding hydrogens is 1290 g/mol. The summed E-state index contributed by atoms with van der Waals surface area (Å²) in [5, 5.41) is 0. The van der Waals surface area contributed by atoms with E-state index in [0.29, 0.717) is 29.1 Å². The Morgan fingerprint density at radius 3 is 1.43 bits per heavy atom. The van der Waals surface area contributed by atoms with Crippen LogP contribution in [0, 0.1) is 23.7 Å². The SMILES string of the molecule is C1=CC2C(C3=CCCC=C3)=CC=C(Cc3ccc(CCC4(c5ccccc5)CC4)cc3)C2=C1.CC(C)c1ccc(CCCc2ccc(CC3=CC=C(c4ccc5c(c4)CCC5)C4C=CC=C34)cc2)cc1.CCc1ccccc1C1CCC(Cc2ccc(CC3=CC=C(C4=CCCC=C4)C4C=CC=C34)cc2)CC1. The highest BCUT2D eigenvalue weighted by molar-refractivity contribution is 5.79. The van der Waals surface area contributed by atoms with Crippen LogP contribution in [0.3, 0.4) is 0 Å². The molecule has 2 saturated carbocycles. The van der Waals surface area contributed by atoms with E-state index < -0.39 is 0 Å². The smallest absolute Gasteiger partial charge is 0.0281 e. The topological polar surface area (TPSA) is 0 Å². The molecule has 3 unspecified atom stereocenters. The molecule has 11 aliphatic carbocycles. The first-order valence-electron chi connectivity index (χ1n) is 41.4. The van der Waals surface area contributed by atoms with Crippen LogP contribution in [0.15, 0.2) is 353 Å². The van der Waals surface area contributed by atoms with Gasteiger partial charge >= 0.3 is 0 Å². The molecule has 0 N–H and O–H groups in total. The lowest BCUT2D eigenvalue weighted by Gasteiger charge is -2.30. The zero-order valence-electron chi connectivity index (χ0n) is 64.0. The maximum absolute atomic E-state index is 2.45. The van der Waals surface area contributed by atoms with Gasteiger partial charge < -0.3 is 0 Å². The maximum atomic E-state index is 2.45. The second-order valence-corrected chi connectivity index (χ2v) is 32.9. The average Bonchev–Trinajstić information content (AvgIpc) is 1.66. The Morgan fingerprint density at radius 2 is 0.907 bits per heavy atom. The molecule has 0 bridgehead atoms. The van der Waals surface area contributed by atoms with Gasteiger partial charge in [0.25, 0.3) is 0 Å². The van der Waals surface area contributed by atoms with Crippen molar-refractivity contribution in [3.63, 3.8) is 0 Å². The summed E-state index contributed by atoms with van der Waals surface area (Å²) in [6.07, 6.45) is 77.0. The number of hydrogen-bond acceptors (Lipinski definition) is 0. The van der Waals surface area contributed by atoms with Crippen LogP contribution in [0.1, 0.15) is 194 Å². The Morgan fingerprint density at radius 1 is 0.421 bits per heavy atom. The second kappa shape index (κ2) is 33.7. The van der Waals surface area contributed by atoms with E-state index in [1.54, 1.807) is 22.3 Å². The zero-order chi connectivity index (χ0) is 72.3. The first kappa shape index (κ1) is 71.6. The fourth-order valence-electron chi connectivity index (χ4n) is 19.0. The summed E-state index contributed by atoms with van der Waals surface area (Å²) < 4.78 is 0. The molecule has 11 aliphatic rings. The largest absolute Gasteiger partial charge is 0.0836 e. The molecule has 0 radical (unpaired) electrons. The molecule has 18 rings (SSSR count). The lowest BCUT2D eigenvalue weighted by atomic mass is 9.75. The highest BCUT2D eigenvalue weighted by atomic mass is 14.5. The first-order valence-corrected chi connectivity index (χ1v) is 41.4. The minimum absolute atomic E-state index is 0.397. The van der Waals surface area contributed by atoms with E-state index in [4.69, 9.17) is 0 Å². The van der Waals surface area contributed by atoms with E-state index in [-0.39, 0.29) is 0 Å². The van der Waals surface area contributed by atoms with Crippen LogP contribution in [-0.2, 0) is 69.6 Å². The standard InChI is InChI=1S/C37H38.C37H40.C33H32/c1-26(2)30-18-16-28(17-19-30)7-3-6-27-12-14-29(15-13-27)24-33-22-23-36(37-11-5-10-35(33)37)34-21-20-31-8-4-9-32(31)25-34;1-2-30-9-6-7-12-34(30)32-21-19-28(20-22-32)25-27-15-17-29(18-16-27)26-33-23-24-36(31-10-4-3-5-11-31)37-14-8-13-35(33)37;1-3-8-27(9-4-1)31-19-18-28(30-12-7-13-32(30)31)24-26-16-14-25(15-17-26)20-21-33(22-23-33)29-10-5-2-6-11-29/h5,10-23,25-26,37H,3-4,6-9,24H2,1-2H3;4,6-18,23-24,28,32,37H,2-3,5,19-22,25-26H2,1H3;2-3,5-19,32H,1,4,20-24H2. The zero-order valence-corrected chi connectivity index (χ0v) is 64.0. The monoisotopic (exact) mass is 1390 g/mol. The molecule has 538 valence electrons. The summed E-state index contributed by atoms with van der Waals surface area (Å²) in [6, 6.07) is 64.9. The highest BCUT2D eigenvalue weighted by Gasteiger charge is 2.43. The van der Waals surface area contributed by atoms with Gasteiger partial charge in [0.05, 0.1) is 0 Å². The van der Waals surface area contributed by atoms with Gasteiger partial charge in [-0.25, -0.2) is 0 Å². The fraction of sp³-hybridized carbons (Fsp3) is 0.308. The van der Waals surface area contributed by atoms with Crippen molar-refractivity contribution >= 4 is 5.57 Å². The van der Waals surface area contributed by atoms with E-state index in [0.717, 1.165) is 63.2 Å². The predicted molar refractivity (Wildman–Crippen MR) is 455 cm³/mol. The summed E-state index contributed by atoms with van der Waals surface area (Å²) in [4.78, 5) is 0. The molecule has 0 nitrogen and oxygen atoms in total. The van der Waals surface area contributed by atoms with E-state index >= 15 is 0 Å². The third kappa shape index (κ3) is 17.1. The Bertz CT molecular complexity index is 4880. The highest BCUT2D eigenvalue weighted by Crippen LogP contribution is 2.52. The minimum Gasteiger partial charge on any atom is -0.0836 e. The normalized spacial score (nSPS) is 21.6. The molecule has 0 aromatic heterocycles. The van der Waals surface area contributed by atoms with Gasteiger partial charge in [0.15, 0.2) is 0 Å². The Hall–Kier alpha value is -9.62. The van der Waals surface area contributed by atoms with Gasteiger partial charge in [-0.2, -0.15) is 0 Å². The molecule has 0 amide bonds. The van der Waals surface area contributed by atoms with Crippen molar-refractivity contribution in [3.8, 4) is 0 Å². The van der Waals surface area contributed by atoms with Crippen molar-refractivity contribution in [1.29, 1.82) is 0 Å². The van der Waals surface area contributed by atoms with Crippen LogP contribution in [0.4, 0.5) is 0 Å². The second-order valence-electron chi connectivity index (χ2n) is 32.9. The lowest BCUT2D eigenvalue weighted by molar-refractivity contribution is 0.324.